The van der Waals surface area contributed by atoms with Crippen LogP contribution in [0, 0.1) is 12.8 Å². The van der Waals surface area contributed by atoms with Crippen LogP contribution in [-0.2, 0) is 6.42 Å². The smallest absolute Gasteiger partial charge is 0.0896 e. The number of thiazole rings is 1. The molecule has 0 saturated heterocycles. The fraction of sp³-hybridized carbons (Fsp3) is 0.769. The van der Waals surface area contributed by atoms with Crippen molar-refractivity contribution < 1.29 is 0 Å². The van der Waals surface area contributed by atoms with Gasteiger partial charge in [0.25, 0.3) is 0 Å². The lowest BCUT2D eigenvalue weighted by Gasteiger charge is -2.19. The van der Waals surface area contributed by atoms with Gasteiger partial charge in [-0.25, -0.2) is 4.98 Å². The van der Waals surface area contributed by atoms with Gasteiger partial charge in [-0.05, 0) is 32.1 Å². The zero-order chi connectivity index (χ0) is 11.4. The van der Waals surface area contributed by atoms with Crippen LogP contribution in [0.1, 0.15) is 42.5 Å². The molecule has 0 spiro atoms. The fourth-order valence-electron chi connectivity index (χ4n) is 2.70. The van der Waals surface area contributed by atoms with E-state index in [1.54, 1.807) is 0 Å². The van der Waals surface area contributed by atoms with Crippen LogP contribution in [0.15, 0.2) is 6.20 Å². The predicted molar refractivity (Wildman–Crippen MR) is 70.0 cm³/mol. The molecular weight excluding hydrogens is 216 g/mol. The Balaban J connectivity index is 1.71. The second-order valence-electron chi connectivity index (χ2n) is 4.76. The molecule has 1 N–H and O–H groups in total. The van der Waals surface area contributed by atoms with Crippen LogP contribution in [0.3, 0.4) is 0 Å². The summed E-state index contributed by atoms with van der Waals surface area (Å²) < 4.78 is 0. The van der Waals surface area contributed by atoms with E-state index in [1.165, 1.54) is 35.6 Å². The molecule has 1 saturated carbocycles. The monoisotopic (exact) mass is 238 g/mol. The van der Waals surface area contributed by atoms with E-state index in [0.717, 1.165) is 24.9 Å². The minimum atomic E-state index is 0.777. The summed E-state index contributed by atoms with van der Waals surface area (Å²) in [4.78, 5) is 5.70. The van der Waals surface area contributed by atoms with Gasteiger partial charge in [-0.2, -0.15) is 0 Å². The second kappa shape index (κ2) is 5.78. The summed E-state index contributed by atoms with van der Waals surface area (Å²) in [5.41, 5.74) is 0. The molecule has 1 aromatic heterocycles. The minimum Gasteiger partial charge on any atom is -0.313 e. The fourth-order valence-corrected chi connectivity index (χ4v) is 3.49. The molecule has 90 valence electrons. The quantitative estimate of drug-likeness (QED) is 0.852. The topological polar surface area (TPSA) is 24.9 Å². The third-order valence-corrected chi connectivity index (χ3v) is 4.60. The van der Waals surface area contributed by atoms with Gasteiger partial charge >= 0.3 is 0 Å². The Morgan fingerprint density at radius 1 is 1.50 bits per heavy atom. The van der Waals surface area contributed by atoms with Gasteiger partial charge in [-0.15, -0.1) is 11.3 Å². The third-order valence-electron chi connectivity index (χ3n) is 3.63. The zero-order valence-corrected chi connectivity index (χ0v) is 11.1. The second-order valence-corrected chi connectivity index (χ2v) is 6.07. The van der Waals surface area contributed by atoms with Gasteiger partial charge in [0.05, 0.1) is 5.01 Å². The number of rotatable bonds is 5. The molecule has 1 aromatic rings. The molecule has 2 rings (SSSR count). The van der Waals surface area contributed by atoms with E-state index in [4.69, 9.17) is 0 Å². The number of nitrogens with one attached hydrogen (secondary N) is 1. The number of nitrogens with zero attached hydrogens (tertiary/aromatic N) is 1. The van der Waals surface area contributed by atoms with Crippen LogP contribution in [0.4, 0.5) is 0 Å². The van der Waals surface area contributed by atoms with Gasteiger partial charge < -0.3 is 5.32 Å². The molecule has 0 radical (unpaired) electrons. The molecule has 0 bridgehead atoms. The van der Waals surface area contributed by atoms with Crippen molar-refractivity contribution in [2.45, 2.75) is 52.0 Å². The van der Waals surface area contributed by atoms with Crippen LogP contribution < -0.4 is 5.32 Å². The average molecular weight is 238 g/mol. The summed E-state index contributed by atoms with van der Waals surface area (Å²) in [6.07, 6.45) is 8.70. The molecule has 2 unspecified atom stereocenters. The van der Waals surface area contributed by atoms with Crippen LogP contribution in [0.5, 0.6) is 0 Å². The third kappa shape index (κ3) is 3.05. The molecule has 3 heteroatoms. The number of aromatic nitrogens is 1. The van der Waals surface area contributed by atoms with Crippen molar-refractivity contribution in [1.29, 1.82) is 0 Å². The van der Waals surface area contributed by atoms with Crippen LogP contribution in [-0.4, -0.2) is 17.6 Å². The maximum absolute atomic E-state index is 4.29. The van der Waals surface area contributed by atoms with E-state index >= 15 is 0 Å². The van der Waals surface area contributed by atoms with E-state index in [2.05, 4.69) is 24.1 Å². The first-order valence-electron chi connectivity index (χ1n) is 6.44. The Bertz CT molecular complexity index is 321. The number of hydrogen-bond donors (Lipinski definition) is 1. The van der Waals surface area contributed by atoms with Crippen molar-refractivity contribution in [2.75, 3.05) is 6.54 Å². The Hall–Kier alpha value is -0.410. The minimum absolute atomic E-state index is 0.777. The molecule has 0 aliphatic heterocycles. The maximum Gasteiger partial charge on any atom is 0.0896 e. The molecule has 1 fully saturated rings. The number of hydrogen-bond acceptors (Lipinski definition) is 3. The highest BCUT2D eigenvalue weighted by molar-refractivity contribution is 7.11. The molecule has 2 atom stereocenters. The lowest BCUT2D eigenvalue weighted by atomic mass is 10.0. The summed E-state index contributed by atoms with van der Waals surface area (Å²) in [7, 11) is 0. The maximum atomic E-state index is 4.29. The molecule has 0 aromatic carbocycles. The van der Waals surface area contributed by atoms with Gasteiger partial charge in [-0.1, -0.05) is 19.8 Å². The normalized spacial score (nSPS) is 25.1. The first kappa shape index (κ1) is 12.1. The van der Waals surface area contributed by atoms with Gasteiger partial charge in [-0.3, -0.25) is 0 Å². The van der Waals surface area contributed by atoms with Gasteiger partial charge in [0.15, 0.2) is 0 Å². The van der Waals surface area contributed by atoms with Crippen LogP contribution in [0.25, 0.3) is 0 Å². The highest BCUT2D eigenvalue weighted by Gasteiger charge is 2.24. The van der Waals surface area contributed by atoms with Crippen molar-refractivity contribution in [3.63, 3.8) is 0 Å². The molecule has 2 nitrogen and oxygen atoms in total. The summed E-state index contributed by atoms with van der Waals surface area (Å²) in [6, 6.07) is 0.777. The number of aryl methyl sites for hydroxylation is 1. The van der Waals surface area contributed by atoms with Crippen molar-refractivity contribution in [1.82, 2.24) is 10.3 Å². The van der Waals surface area contributed by atoms with Gasteiger partial charge in [0, 0.05) is 23.7 Å². The Morgan fingerprint density at radius 2 is 2.38 bits per heavy atom. The molecular formula is C13H22N2S. The Morgan fingerprint density at radius 3 is 3.06 bits per heavy atom. The zero-order valence-electron chi connectivity index (χ0n) is 10.3. The lowest BCUT2D eigenvalue weighted by molar-refractivity contribution is 0.393. The van der Waals surface area contributed by atoms with E-state index in [1.807, 2.05) is 17.5 Å². The Labute approximate surface area is 102 Å². The molecule has 1 aliphatic carbocycles. The molecule has 1 heterocycles. The van der Waals surface area contributed by atoms with E-state index in [9.17, 15) is 0 Å². The molecule has 16 heavy (non-hydrogen) atoms. The first-order valence-corrected chi connectivity index (χ1v) is 7.26. The van der Waals surface area contributed by atoms with E-state index in [0.29, 0.717) is 0 Å². The van der Waals surface area contributed by atoms with Crippen LogP contribution >= 0.6 is 11.3 Å². The van der Waals surface area contributed by atoms with Gasteiger partial charge in [0.1, 0.15) is 0 Å². The van der Waals surface area contributed by atoms with Crippen molar-refractivity contribution >= 4 is 11.3 Å². The van der Waals surface area contributed by atoms with Crippen molar-refractivity contribution in [3.8, 4) is 0 Å². The largest absolute Gasteiger partial charge is 0.313 e. The first-order chi connectivity index (χ1) is 7.79. The standard InChI is InChI=1S/C13H22N2S/c1-3-11-5-4-6-13(11)14-8-7-12-9-15-10(2)16-12/h9,11,13-14H,3-8H2,1-2H3. The van der Waals surface area contributed by atoms with Gasteiger partial charge in [0.2, 0.25) is 0 Å². The lowest BCUT2D eigenvalue weighted by Crippen LogP contribution is -2.33. The highest BCUT2D eigenvalue weighted by atomic mass is 32.1. The summed E-state index contributed by atoms with van der Waals surface area (Å²) in [5, 5.41) is 4.90. The highest BCUT2D eigenvalue weighted by Crippen LogP contribution is 2.27. The molecule has 0 amide bonds. The van der Waals surface area contributed by atoms with E-state index < -0.39 is 0 Å². The molecule has 1 aliphatic rings. The van der Waals surface area contributed by atoms with Crippen molar-refractivity contribution in [2.24, 2.45) is 5.92 Å². The predicted octanol–water partition coefficient (Wildman–Crippen LogP) is 3.16. The van der Waals surface area contributed by atoms with Crippen LogP contribution in [0.2, 0.25) is 0 Å². The van der Waals surface area contributed by atoms with E-state index in [-0.39, 0.29) is 0 Å². The SMILES string of the molecule is CCC1CCCC1NCCc1cnc(C)s1. The average Bonchev–Trinajstić information content (AvgIpc) is 2.87. The van der Waals surface area contributed by atoms with Crippen molar-refractivity contribution in [3.05, 3.63) is 16.1 Å². The Kier molecular flexibility index (Phi) is 4.36. The summed E-state index contributed by atoms with van der Waals surface area (Å²) >= 11 is 1.83. The summed E-state index contributed by atoms with van der Waals surface area (Å²) in [5.74, 6) is 0.920. The summed E-state index contributed by atoms with van der Waals surface area (Å²) in [6.45, 7) is 5.51.